The van der Waals surface area contributed by atoms with Crippen molar-refractivity contribution in [3.63, 3.8) is 0 Å². The molecular formula is C8H16N2. The topological polar surface area (TPSA) is 6.48 Å². The lowest BCUT2D eigenvalue weighted by Crippen LogP contribution is -2.44. The summed E-state index contributed by atoms with van der Waals surface area (Å²) in [6.45, 7) is 6.13. The first-order valence-corrected chi connectivity index (χ1v) is 4.25. The fourth-order valence-electron chi connectivity index (χ4n) is 2.34. The second-order valence-electron chi connectivity index (χ2n) is 3.57. The molecule has 0 unspecified atom stereocenters. The molecule has 0 radical (unpaired) electrons. The third-order valence-corrected chi connectivity index (χ3v) is 3.03. The third kappa shape index (κ3) is 0.789. The maximum Gasteiger partial charge on any atom is 0.0239 e. The summed E-state index contributed by atoms with van der Waals surface area (Å²) < 4.78 is 0. The van der Waals surface area contributed by atoms with Crippen LogP contribution < -0.4 is 0 Å². The van der Waals surface area contributed by atoms with Crippen LogP contribution in [0.3, 0.4) is 0 Å². The van der Waals surface area contributed by atoms with Gasteiger partial charge in [0.2, 0.25) is 0 Å². The van der Waals surface area contributed by atoms with Gasteiger partial charge in [-0.15, -0.1) is 0 Å². The van der Waals surface area contributed by atoms with E-state index >= 15 is 0 Å². The molecule has 2 aliphatic rings. The molecule has 0 aliphatic carbocycles. The second kappa shape index (κ2) is 2.21. The zero-order valence-electron chi connectivity index (χ0n) is 6.88. The van der Waals surface area contributed by atoms with Gasteiger partial charge in [0.05, 0.1) is 0 Å². The summed E-state index contributed by atoms with van der Waals surface area (Å²) in [6.07, 6.45) is 1.42. The highest BCUT2D eigenvalue weighted by molar-refractivity contribution is 4.97. The van der Waals surface area contributed by atoms with Crippen molar-refractivity contribution in [1.29, 1.82) is 0 Å². The van der Waals surface area contributed by atoms with Crippen molar-refractivity contribution in [1.82, 2.24) is 9.80 Å². The van der Waals surface area contributed by atoms with Gasteiger partial charge in [-0.2, -0.15) is 0 Å². The Hall–Kier alpha value is -0.0800. The van der Waals surface area contributed by atoms with Crippen molar-refractivity contribution in [2.45, 2.75) is 25.4 Å². The molecule has 0 aromatic rings. The van der Waals surface area contributed by atoms with Crippen molar-refractivity contribution in [2.75, 3.05) is 26.7 Å². The van der Waals surface area contributed by atoms with Crippen LogP contribution >= 0.6 is 0 Å². The van der Waals surface area contributed by atoms with Gasteiger partial charge >= 0.3 is 0 Å². The Balaban J connectivity index is 2.02. The van der Waals surface area contributed by atoms with Gasteiger partial charge in [0.15, 0.2) is 0 Å². The van der Waals surface area contributed by atoms with E-state index in [2.05, 4.69) is 23.8 Å². The van der Waals surface area contributed by atoms with Gasteiger partial charge in [-0.1, -0.05) is 6.92 Å². The van der Waals surface area contributed by atoms with E-state index in [1.165, 1.54) is 26.1 Å². The normalized spacial score (nSPS) is 41.4. The maximum atomic E-state index is 2.60. The minimum Gasteiger partial charge on any atom is -0.301 e. The lowest BCUT2D eigenvalue weighted by atomic mass is 10.2. The SMILES string of the molecule is CCN1C[C@H]2C[C@@H]1CN2C. The van der Waals surface area contributed by atoms with Crippen LogP contribution in [0.4, 0.5) is 0 Å². The molecule has 0 amide bonds. The Morgan fingerprint density at radius 1 is 1.30 bits per heavy atom. The first kappa shape index (κ1) is 6.62. The molecule has 10 heavy (non-hydrogen) atoms. The molecule has 0 N–H and O–H groups in total. The van der Waals surface area contributed by atoms with Gasteiger partial charge in [0.25, 0.3) is 0 Å². The van der Waals surface area contributed by atoms with E-state index in [-0.39, 0.29) is 0 Å². The molecule has 2 saturated heterocycles. The van der Waals surface area contributed by atoms with E-state index in [0.717, 1.165) is 12.1 Å². The van der Waals surface area contributed by atoms with Gasteiger partial charge in [-0.05, 0) is 20.0 Å². The lowest BCUT2D eigenvalue weighted by Gasteiger charge is -2.30. The molecule has 2 aliphatic heterocycles. The molecule has 0 aromatic carbocycles. The van der Waals surface area contributed by atoms with Crippen LogP contribution in [0.15, 0.2) is 0 Å². The van der Waals surface area contributed by atoms with Crippen molar-refractivity contribution in [3.05, 3.63) is 0 Å². The van der Waals surface area contributed by atoms with E-state index in [9.17, 15) is 0 Å². The largest absolute Gasteiger partial charge is 0.301 e. The van der Waals surface area contributed by atoms with Gasteiger partial charge in [-0.3, -0.25) is 4.90 Å². The van der Waals surface area contributed by atoms with Crippen LogP contribution in [0, 0.1) is 0 Å². The van der Waals surface area contributed by atoms with Crippen LogP contribution in [0.1, 0.15) is 13.3 Å². The maximum absolute atomic E-state index is 2.60. The highest BCUT2D eigenvalue weighted by atomic mass is 15.3. The molecule has 2 rings (SSSR count). The summed E-state index contributed by atoms with van der Waals surface area (Å²) in [5.41, 5.74) is 0. The van der Waals surface area contributed by atoms with Crippen LogP contribution in [-0.4, -0.2) is 48.6 Å². The number of hydrogen-bond donors (Lipinski definition) is 0. The first-order valence-electron chi connectivity index (χ1n) is 4.25. The van der Waals surface area contributed by atoms with Gasteiger partial charge in [0, 0.05) is 25.2 Å². The van der Waals surface area contributed by atoms with Crippen LogP contribution in [0.2, 0.25) is 0 Å². The molecule has 2 atom stereocenters. The molecule has 2 nitrogen and oxygen atoms in total. The molecule has 0 aromatic heterocycles. The fourth-order valence-corrected chi connectivity index (χ4v) is 2.34. The zero-order valence-corrected chi connectivity index (χ0v) is 6.88. The van der Waals surface area contributed by atoms with Crippen molar-refractivity contribution >= 4 is 0 Å². The molecule has 2 fully saturated rings. The highest BCUT2D eigenvalue weighted by Gasteiger charge is 2.40. The first-order chi connectivity index (χ1) is 4.81. The minimum atomic E-state index is 0.880. The summed E-state index contributed by atoms with van der Waals surface area (Å²) in [5.74, 6) is 0. The number of likely N-dealkylation sites (tertiary alicyclic amines) is 2. The van der Waals surface area contributed by atoms with Crippen molar-refractivity contribution in [2.24, 2.45) is 0 Å². The average Bonchev–Trinajstić information content (AvgIpc) is 2.44. The molecular weight excluding hydrogens is 124 g/mol. The third-order valence-electron chi connectivity index (χ3n) is 3.03. The Bertz CT molecular complexity index is 133. The number of fused-ring (bicyclic) bond motifs is 2. The average molecular weight is 140 g/mol. The molecule has 2 heteroatoms. The molecule has 58 valence electrons. The Kier molecular flexibility index (Phi) is 1.46. The summed E-state index contributed by atoms with van der Waals surface area (Å²) in [5, 5.41) is 0. The fraction of sp³-hybridized carbons (Fsp3) is 1.00. The van der Waals surface area contributed by atoms with E-state index in [4.69, 9.17) is 0 Å². The van der Waals surface area contributed by atoms with E-state index < -0.39 is 0 Å². The quantitative estimate of drug-likeness (QED) is 0.520. The van der Waals surface area contributed by atoms with Crippen LogP contribution in [0.5, 0.6) is 0 Å². The van der Waals surface area contributed by atoms with Crippen molar-refractivity contribution in [3.8, 4) is 0 Å². The van der Waals surface area contributed by atoms with E-state index in [0.29, 0.717) is 0 Å². The standard InChI is InChI=1S/C8H16N2/c1-3-10-6-7-4-8(10)5-9(7)2/h7-8H,3-6H2,1-2H3/t7-,8-/m1/s1. The van der Waals surface area contributed by atoms with Gasteiger partial charge < -0.3 is 4.90 Å². The molecule has 0 saturated carbocycles. The molecule has 2 bridgehead atoms. The predicted molar refractivity (Wildman–Crippen MR) is 42.1 cm³/mol. The molecule has 2 heterocycles. The van der Waals surface area contributed by atoms with E-state index in [1.54, 1.807) is 0 Å². The summed E-state index contributed by atoms with van der Waals surface area (Å²) in [6, 6.07) is 1.77. The Labute approximate surface area is 62.8 Å². The zero-order chi connectivity index (χ0) is 7.14. The Morgan fingerprint density at radius 2 is 2.10 bits per heavy atom. The van der Waals surface area contributed by atoms with Crippen LogP contribution in [-0.2, 0) is 0 Å². The number of likely N-dealkylation sites (N-methyl/N-ethyl adjacent to an activating group) is 2. The van der Waals surface area contributed by atoms with Gasteiger partial charge in [-0.25, -0.2) is 0 Å². The highest BCUT2D eigenvalue weighted by Crippen LogP contribution is 2.28. The molecule has 0 spiro atoms. The lowest BCUT2D eigenvalue weighted by molar-refractivity contribution is 0.155. The number of piperazine rings is 1. The van der Waals surface area contributed by atoms with Gasteiger partial charge in [0.1, 0.15) is 0 Å². The summed E-state index contributed by atoms with van der Waals surface area (Å²) in [4.78, 5) is 5.10. The van der Waals surface area contributed by atoms with E-state index in [1.807, 2.05) is 0 Å². The van der Waals surface area contributed by atoms with Crippen LogP contribution in [0.25, 0.3) is 0 Å². The number of nitrogens with zero attached hydrogens (tertiary/aromatic N) is 2. The summed E-state index contributed by atoms with van der Waals surface area (Å²) in [7, 11) is 2.25. The number of rotatable bonds is 1. The second-order valence-corrected chi connectivity index (χ2v) is 3.57. The predicted octanol–water partition coefficient (Wildman–Crippen LogP) is 0.395. The van der Waals surface area contributed by atoms with Crippen molar-refractivity contribution < 1.29 is 0 Å². The monoisotopic (exact) mass is 140 g/mol. The number of hydrogen-bond acceptors (Lipinski definition) is 2. The Morgan fingerprint density at radius 3 is 2.50 bits per heavy atom. The minimum absolute atomic E-state index is 0.880. The smallest absolute Gasteiger partial charge is 0.0239 e. The summed E-state index contributed by atoms with van der Waals surface area (Å²) >= 11 is 0.